The van der Waals surface area contributed by atoms with Crippen LogP contribution in [0.4, 0.5) is 11.4 Å². The number of hydrogen-bond donors (Lipinski definition) is 1. The third-order valence-corrected chi connectivity index (χ3v) is 4.89. The van der Waals surface area contributed by atoms with Crippen LogP contribution in [-0.2, 0) is 11.3 Å². The Balaban J connectivity index is 1.71. The van der Waals surface area contributed by atoms with Crippen LogP contribution in [0.5, 0.6) is 5.75 Å². The molecule has 2 aromatic carbocycles. The minimum atomic E-state index is -0.769. The Hall–Kier alpha value is -3.66. The van der Waals surface area contributed by atoms with Crippen LogP contribution in [0.25, 0.3) is 11.1 Å². The van der Waals surface area contributed by atoms with E-state index in [2.05, 4.69) is 24.1 Å². The molecule has 164 valence electrons. The number of carbonyl (C=O) groups excluding carboxylic acids is 1. The molecule has 0 aliphatic carbocycles. The summed E-state index contributed by atoms with van der Waals surface area (Å²) in [7, 11) is 0. The van der Waals surface area contributed by atoms with E-state index < -0.39 is 16.6 Å². The van der Waals surface area contributed by atoms with Crippen LogP contribution in [0.3, 0.4) is 0 Å². The predicted molar refractivity (Wildman–Crippen MR) is 115 cm³/mol. The largest absolute Gasteiger partial charge is 0.490 e. The Morgan fingerprint density at radius 1 is 1.23 bits per heavy atom. The molecule has 0 radical (unpaired) electrons. The number of nitro groups is 1. The highest BCUT2D eigenvalue weighted by atomic mass is 16.6. The molecule has 0 unspecified atom stereocenters. The maximum atomic E-state index is 12.6. The number of aromatic nitrogens is 1. The number of non-ortho nitro benzene ring substituents is 1. The smallest absolute Gasteiger partial charge is 0.420 e. The normalized spacial score (nSPS) is 11.1. The van der Waals surface area contributed by atoms with E-state index in [1.54, 1.807) is 18.2 Å². The van der Waals surface area contributed by atoms with Crippen molar-refractivity contribution in [2.45, 2.75) is 20.4 Å². The number of amides is 1. The number of hydrogen-bond acceptors (Lipinski definition) is 7. The summed E-state index contributed by atoms with van der Waals surface area (Å²) in [4.78, 5) is 37.3. The van der Waals surface area contributed by atoms with Gasteiger partial charge in [0.15, 0.2) is 5.58 Å². The van der Waals surface area contributed by atoms with Crippen LogP contribution >= 0.6 is 0 Å². The summed E-state index contributed by atoms with van der Waals surface area (Å²) in [6, 6.07) is 10.8. The van der Waals surface area contributed by atoms with Gasteiger partial charge >= 0.3 is 5.76 Å². The van der Waals surface area contributed by atoms with Crippen molar-refractivity contribution in [3.63, 3.8) is 0 Å². The number of nitro benzene ring substituents is 1. The molecule has 10 heteroatoms. The van der Waals surface area contributed by atoms with E-state index in [9.17, 15) is 19.7 Å². The van der Waals surface area contributed by atoms with Crippen LogP contribution < -0.4 is 15.8 Å². The van der Waals surface area contributed by atoms with Crippen molar-refractivity contribution in [3.8, 4) is 5.75 Å². The first-order valence-electron chi connectivity index (χ1n) is 9.94. The van der Waals surface area contributed by atoms with E-state index in [-0.39, 0.29) is 17.8 Å². The zero-order valence-electron chi connectivity index (χ0n) is 17.4. The fourth-order valence-corrected chi connectivity index (χ4v) is 3.17. The van der Waals surface area contributed by atoms with Crippen LogP contribution in [0, 0.1) is 10.1 Å². The zero-order chi connectivity index (χ0) is 22.4. The van der Waals surface area contributed by atoms with E-state index in [1.807, 2.05) is 6.07 Å². The molecule has 0 fully saturated rings. The number of rotatable bonds is 10. The lowest BCUT2D eigenvalue weighted by molar-refractivity contribution is -0.384. The van der Waals surface area contributed by atoms with Gasteiger partial charge < -0.3 is 19.4 Å². The first-order valence-corrected chi connectivity index (χ1v) is 9.94. The topological polar surface area (TPSA) is 120 Å². The fraction of sp³-hybridized carbons (Fsp3) is 0.333. The second-order valence-corrected chi connectivity index (χ2v) is 6.78. The molecule has 1 amide bonds. The van der Waals surface area contributed by atoms with Crippen molar-refractivity contribution in [1.29, 1.82) is 0 Å². The number of likely N-dealkylation sites (N-methyl/N-ethyl adjacent to an activating group) is 1. The van der Waals surface area contributed by atoms with E-state index >= 15 is 0 Å². The lowest BCUT2D eigenvalue weighted by Crippen LogP contribution is -2.28. The van der Waals surface area contributed by atoms with Gasteiger partial charge in [-0.05, 0) is 31.3 Å². The molecule has 3 aromatic rings. The number of nitrogens with one attached hydrogen (secondary N) is 1. The Morgan fingerprint density at radius 2 is 1.97 bits per heavy atom. The molecule has 1 heterocycles. The number of fused-ring (bicyclic) bond motifs is 1. The van der Waals surface area contributed by atoms with Gasteiger partial charge in [-0.1, -0.05) is 26.0 Å². The summed E-state index contributed by atoms with van der Waals surface area (Å²) in [6.07, 6.45) is 0. The Kier molecular flexibility index (Phi) is 7.03. The lowest BCUT2D eigenvalue weighted by atomic mass is 10.2. The van der Waals surface area contributed by atoms with Crippen LogP contribution in [-0.4, -0.2) is 46.5 Å². The molecule has 0 aliphatic heterocycles. The van der Waals surface area contributed by atoms with E-state index in [4.69, 9.17) is 9.15 Å². The second kappa shape index (κ2) is 9.90. The van der Waals surface area contributed by atoms with E-state index in [0.29, 0.717) is 23.6 Å². The number of anilines is 1. The van der Waals surface area contributed by atoms with Gasteiger partial charge in [-0.25, -0.2) is 4.79 Å². The lowest BCUT2D eigenvalue weighted by Gasteiger charge is -2.19. The van der Waals surface area contributed by atoms with Gasteiger partial charge in [-0.15, -0.1) is 0 Å². The average molecular weight is 428 g/mol. The molecule has 0 bridgehead atoms. The van der Waals surface area contributed by atoms with Gasteiger partial charge in [0.05, 0.1) is 22.2 Å². The molecule has 0 aliphatic rings. The molecule has 1 N–H and O–H groups in total. The highest BCUT2D eigenvalue weighted by Gasteiger charge is 2.17. The number of oxazole rings is 1. The van der Waals surface area contributed by atoms with Crippen molar-refractivity contribution in [2.24, 2.45) is 0 Å². The van der Waals surface area contributed by atoms with Crippen molar-refractivity contribution in [1.82, 2.24) is 9.47 Å². The fourth-order valence-electron chi connectivity index (χ4n) is 3.17. The number of carbonyl (C=O) groups is 1. The average Bonchev–Trinajstić information content (AvgIpc) is 3.06. The highest BCUT2D eigenvalue weighted by Crippen LogP contribution is 2.24. The second-order valence-electron chi connectivity index (χ2n) is 6.78. The third-order valence-electron chi connectivity index (χ3n) is 4.89. The number of ether oxygens (including phenoxy) is 1. The molecule has 0 saturated carbocycles. The number of para-hydroxylation sites is 2. The SMILES string of the molecule is CCN(CC)CCOc1ccccc1NC(=O)Cn1c(=O)oc2cc([N+](=O)[O-])ccc21. The van der Waals surface area contributed by atoms with E-state index in [0.717, 1.165) is 30.3 Å². The van der Waals surface area contributed by atoms with Gasteiger partial charge in [0.1, 0.15) is 18.9 Å². The molecular weight excluding hydrogens is 404 g/mol. The van der Waals surface area contributed by atoms with Crippen molar-refractivity contribution >= 4 is 28.4 Å². The first-order chi connectivity index (χ1) is 14.9. The highest BCUT2D eigenvalue weighted by molar-refractivity contribution is 5.93. The van der Waals surface area contributed by atoms with Crippen molar-refractivity contribution in [3.05, 3.63) is 63.1 Å². The van der Waals surface area contributed by atoms with Gasteiger partial charge in [0.2, 0.25) is 5.91 Å². The standard InChI is InChI=1S/C21H24N4O6/c1-3-23(4-2)11-12-30-18-8-6-5-7-16(18)22-20(26)14-24-17-10-9-15(25(28)29)13-19(17)31-21(24)27/h5-10,13H,3-4,11-12,14H2,1-2H3,(H,22,26). The number of benzene rings is 2. The molecule has 10 nitrogen and oxygen atoms in total. The van der Waals surface area contributed by atoms with Gasteiger partial charge in [0, 0.05) is 12.6 Å². The zero-order valence-corrected chi connectivity index (χ0v) is 17.4. The summed E-state index contributed by atoms with van der Waals surface area (Å²) in [6.45, 7) is 6.94. The first kappa shape index (κ1) is 22.0. The molecule has 0 saturated heterocycles. The summed E-state index contributed by atoms with van der Waals surface area (Å²) in [5, 5.41) is 13.6. The quantitative estimate of drug-likeness (QED) is 0.389. The molecular formula is C21H24N4O6. The Labute approximate surface area is 178 Å². The monoisotopic (exact) mass is 428 g/mol. The molecule has 31 heavy (non-hydrogen) atoms. The molecule has 0 atom stereocenters. The van der Waals surface area contributed by atoms with Crippen LogP contribution in [0.1, 0.15) is 13.8 Å². The molecule has 3 rings (SSSR count). The minimum absolute atomic E-state index is 0.0483. The van der Waals surface area contributed by atoms with Crippen molar-refractivity contribution < 1.29 is 18.9 Å². The minimum Gasteiger partial charge on any atom is -0.490 e. The summed E-state index contributed by atoms with van der Waals surface area (Å²) >= 11 is 0. The van der Waals surface area contributed by atoms with Crippen molar-refractivity contribution in [2.75, 3.05) is 31.6 Å². The molecule has 0 spiro atoms. The predicted octanol–water partition coefficient (Wildman–Crippen LogP) is 2.86. The maximum Gasteiger partial charge on any atom is 0.420 e. The van der Waals surface area contributed by atoms with Gasteiger partial charge in [0.25, 0.3) is 5.69 Å². The Morgan fingerprint density at radius 3 is 2.68 bits per heavy atom. The third kappa shape index (κ3) is 5.28. The summed E-state index contributed by atoms with van der Waals surface area (Å²) in [5.41, 5.74) is 0.638. The van der Waals surface area contributed by atoms with Gasteiger partial charge in [-0.3, -0.25) is 19.5 Å². The summed E-state index contributed by atoms with van der Waals surface area (Å²) in [5.74, 6) is -0.694. The maximum absolute atomic E-state index is 12.6. The molecule has 1 aromatic heterocycles. The van der Waals surface area contributed by atoms with Crippen LogP contribution in [0.2, 0.25) is 0 Å². The van der Waals surface area contributed by atoms with Crippen LogP contribution in [0.15, 0.2) is 51.7 Å². The van der Waals surface area contributed by atoms with E-state index in [1.165, 1.54) is 12.1 Å². The van der Waals surface area contributed by atoms with Gasteiger partial charge in [-0.2, -0.15) is 0 Å². The number of nitrogens with zero attached hydrogens (tertiary/aromatic N) is 3. The summed E-state index contributed by atoms with van der Waals surface area (Å²) < 4.78 is 12.0. The Bertz CT molecular complexity index is 1130.